The molecule has 1 fully saturated rings. The van der Waals surface area contributed by atoms with Crippen LogP contribution in [0.25, 0.3) is 0 Å². The molecule has 1 aliphatic rings. The SMILES string of the molecule is COc1ccc(O)c(CN=C(N)N2CCSCC2)c1.I. The standard InChI is InChI=1S/C13H19N3O2S.HI/c1-18-11-2-3-12(17)10(8-11)9-15-13(14)16-4-6-19-7-5-16;/h2-3,8,17H,4-7,9H2,1H3,(H2,14,15);1H. The molecule has 0 spiro atoms. The third kappa shape index (κ3) is 4.62. The van der Waals surface area contributed by atoms with Gasteiger partial charge in [-0.15, -0.1) is 24.0 Å². The zero-order chi connectivity index (χ0) is 13.7. The first-order valence-electron chi connectivity index (χ1n) is 6.19. The van der Waals surface area contributed by atoms with E-state index in [9.17, 15) is 5.11 Å². The first-order valence-corrected chi connectivity index (χ1v) is 7.34. The van der Waals surface area contributed by atoms with Crippen molar-refractivity contribution in [2.45, 2.75) is 6.54 Å². The number of benzene rings is 1. The van der Waals surface area contributed by atoms with Crippen molar-refractivity contribution in [1.82, 2.24) is 4.90 Å². The number of thioether (sulfide) groups is 1. The van der Waals surface area contributed by atoms with Crippen molar-refractivity contribution >= 4 is 41.7 Å². The molecule has 5 nitrogen and oxygen atoms in total. The summed E-state index contributed by atoms with van der Waals surface area (Å²) in [6.45, 7) is 2.23. The Labute approximate surface area is 140 Å². The van der Waals surface area contributed by atoms with E-state index < -0.39 is 0 Å². The van der Waals surface area contributed by atoms with E-state index in [1.807, 2.05) is 11.8 Å². The number of nitrogens with zero attached hydrogens (tertiary/aromatic N) is 2. The number of hydrogen-bond donors (Lipinski definition) is 2. The Morgan fingerprint density at radius 3 is 2.80 bits per heavy atom. The van der Waals surface area contributed by atoms with E-state index in [0.29, 0.717) is 23.8 Å². The zero-order valence-electron chi connectivity index (χ0n) is 11.4. The van der Waals surface area contributed by atoms with Crippen molar-refractivity contribution in [1.29, 1.82) is 0 Å². The maximum Gasteiger partial charge on any atom is 0.191 e. The van der Waals surface area contributed by atoms with Crippen LogP contribution in [0.15, 0.2) is 23.2 Å². The Bertz CT molecular complexity index is 465. The Kier molecular flexibility index (Phi) is 7.28. The average molecular weight is 409 g/mol. The number of aromatic hydroxyl groups is 1. The molecule has 0 amide bonds. The molecule has 20 heavy (non-hydrogen) atoms. The van der Waals surface area contributed by atoms with Gasteiger partial charge in [0.2, 0.25) is 0 Å². The van der Waals surface area contributed by atoms with Crippen LogP contribution in [0.1, 0.15) is 5.56 Å². The van der Waals surface area contributed by atoms with Crippen molar-refractivity contribution < 1.29 is 9.84 Å². The lowest BCUT2D eigenvalue weighted by Gasteiger charge is -2.27. The summed E-state index contributed by atoms with van der Waals surface area (Å²) >= 11 is 1.93. The fourth-order valence-corrected chi connectivity index (χ4v) is 2.78. The minimum Gasteiger partial charge on any atom is -0.508 e. The van der Waals surface area contributed by atoms with Gasteiger partial charge < -0.3 is 20.5 Å². The highest BCUT2D eigenvalue weighted by molar-refractivity contribution is 14.0. The number of rotatable bonds is 3. The van der Waals surface area contributed by atoms with E-state index in [2.05, 4.69) is 9.89 Å². The molecule has 1 aromatic rings. The van der Waals surface area contributed by atoms with E-state index in [-0.39, 0.29) is 29.7 Å². The summed E-state index contributed by atoms with van der Waals surface area (Å²) in [6, 6.07) is 5.10. The minimum atomic E-state index is 0. The van der Waals surface area contributed by atoms with Crippen molar-refractivity contribution in [3.8, 4) is 11.5 Å². The number of phenolic OH excluding ortho intramolecular Hbond substituents is 1. The molecule has 112 valence electrons. The lowest BCUT2D eigenvalue weighted by atomic mass is 10.2. The molecule has 0 aromatic heterocycles. The summed E-state index contributed by atoms with van der Waals surface area (Å²) in [4.78, 5) is 6.43. The van der Waals surface area contributed by atoms with Gasteiger partial charge in [-0.05, 0) is 18.2 Å². The molecule has 1 saturated heterocycles. The second-order valence-electron chi connectivity index (χ2n) is 4.27. The summed E-state index contributed by atoms with van der Waals surface area (Å²) in [7, 11) is 1.60. The lowest BCUT2D eigenvalue weighted by molar-refractivity contribution is 0.410. The van der Waals surface area contributed by atoms with E-state index >= 15 is 0 Å². The zero-order valence-corrected chi connectivity index (χ0v) is 14.6. The van der Waals surface area contributed by atoms with Gasteiger partial charge in [0.25, 0.3) is 0 Å². The van der Waals surface area contributed by atoms with Crippen LogP contribution in [0.2, 0.25) is 0 Å². The molecule has 7 heteroatoms. The van der Waals surface area contributed by atoms with Gasteiger partial charge in [-0.1, -0.05) is 0 Å². The number of hydrogen-bond acceptors (Lipinski definition) is 4. The Balaban J connectivity index is 0.00000200. The van der Waals surface area contributed by atoms with Crippen molar-refractivity contribution in [2.24, 2.45) is 10.7 Å². The molecule has 0 atom stereocenters. The number of ether oxygens (including phenoxy) is 1. The van der Waals surface area contributed by atoms with E-state index in [1.54, 1.807) is 25.3 Å². The molecular weight excluding hydrogens is 389 g/mol. The second kappa shape index (κ2) is 8.46. The molecule has 0 aliphatic carbocycles. The van der Waals surface area contributed by atoms with Gasteiger partial charge in [-0.3, -0.25) is 0 Å². The van der Waals surface area contributed by atoms with Crippen molar-refractivity contribution in [2.75, 3.05) is 31.7 Å². The topological polar surface area (TPSA) is 71.1 Å². The van der Waals surface area contributed by atoms with Gasteiger partial charge in [0, 0.05) is 30.2 Å². The van der Waals surface area contributed by atoms with Crippen LogP contribution in [0.3, 0.4) is 0 Å². The summed E-state index contributed by atoms with van der Waals surface area (Å²) in [6.07, 6.45) is 0. The molecule has 1 heterocycles. The maximum atomic E-state index is 9.77. The number of halogens is 1. The van der Waals surface area contributed by atoms with E-state index in [1.165, 1.54) is 0 Å². The molecule has 1 aromatic carbocycles. The Morgan fingerprint density at radius 2 is 2.15 bits per heavy atom. The fraction of sp³-hybridized carbons (Fsp3) is 0.462. The quantitative estimate of drug-likeness (QED) is 0.453. The summed E-state index contributed by atoms with van der Waals surface area (Å²) in [5, 5.41) is 9.77. The monoisotopic (exact) mass is 409 g/mol. The first-order chi connectivity index (χ1) is 9.20. The van der Waals surface area contributed by atoms with Crippen molar-refractivity contribution in [3.63, 3.8) is 0 Å². The van der Waals surface area contributed by atoms with Crippen LogP contribution in [0.5, 0.6) is 11.5 Å². The minimum absolute atomic E-state index is 0. The molecule has 2 rings (SSSR count). The number of aliphatic imine (C=N–C) groups is 1. The highest BCUT2D eigenvalue weighted by Gasteiger charge is 2.12. The summed E-state index contributed by atoms with van der Waals surface area (Å²) in [5.41, 5.74) is 6.69. The third-order valence-corrected chi connectivity index (χ3v) is 3.98. The van der Waals surface area contributed by atoms with Crippen LogP contribution in [0.4, 0.5) is 0 Å². The van der Waals surface area contributed by atoms with Gasteiger partial charge in [-0.25, -0.2) is 4.99 Å². The van der Waals surface area contributed by atoms with Gasteiger partial charge >= 0.3 is 0 Å². The smallest absolute Gasteiger partial charge is 0.191 e. The van der Waals surface area contributed by atoms with Gasteiger partial charge in [-0.2, -0.15) is 11.8 Å². The van der Waals surface area contributed by atoms with Crippen LogP contribution in [-0.2, 0) is 6.54 Å². The summed E-state index contributed by atoms with van der Waals surface area (Å²) in [5.74, 6) is 3.63. The summed E-state index contributed by atoms with van der Waals surface area (Å²) < 4.78 is 5.13. The highest BCUT2D eigenvalue weighted by atomic mass is 127. The van der Waals surface area contributed by atoms with E-state index in [4.69, 9.17) is 10.5 Å². The average Bonchev–Trinajstić information content (AvgIpc) is 2.47. The number of phenols is 1. The Hall–Kier alpha value is -0.830. The van der Waals surface area contributed by atoms with Crippen molar-refractivity contribution in [3.05, 3.63) is 23.8 Å². The molecule has 0 saturated carbocycles. The van der Waals surface area contributed by atoms with Gasteiger partial charge in [0.15, 0.2) is 5.96 Å². The predicted molar refractivity (Wildman–Crippen MR) is 94.3 cm³/mol. The second-order valence-corrected chi connectivity index (χ2v) is 5.49. The van der Waals surface area contributed by atoms with Crippen LogP contribution < -0.4 is 10.5 Å². The predicted octanol–water partition coefficient (Wildman–Crippen LogP) is 1.88. The van der Waals surface area contributed by atoms with Crippen LogP contribution in [0, 0.1) is 0 Å². The lowest BCUT2D eigenvalue weighted by Crippen LogP contribution is -2.42. The van der Waals surface area contributed by atoms with Crippen LogP contribution >= 0.6 is 35.7 Å². The highest BCUT2D eigenvalue weighted by Crippen LogP contribution is 2.23. The fourth-order valence-electron chi connectivity index (χ4n) is 1.87. The number of methoxy groups -OCH3 is 1. The molecule has 0 radical (unpaired) electrons. The molecule has 1 aliphatic heterocycles. The largest absolute Gasteiger partial charge is 0.508 e. The number of guanidine groups is 1. The normalized spacial score (nSPS) is 15.7. The van der Waals surface area contributed by atoms with Gasteiger partial charge in [0.05, 0.1) is 13.7 Å². The molecule has 3 N–H and O–H groups in total. The van der Waals surface area contributed by atoms with Crippen LogP contribution in [-0.4, -0.2) is 47.7 Å². The maximum absolute atomic E-state index is 9.77. The third-order valence-electron chi connectivity index (χ3n) is 3.03. The molecular formula is C13H20IN3O2S. The van der Waals surface area contributed by atoms with Gasteiger partial charge in [0.1, 0.15) is 11.5 Å². The molecule has 0 unspecified atom stereocenters. The Morgan fingerprint density at radius 1 is 1.45 bits per heavy atom. The first kappa shape index (κ1) is 17.2. The number of nitrogens with two attached hydrogens (primary N) is 1. The molecule has 0 bridgehead atoms. The van der Waals surface area contributed by atoms with E-state index in [0.717, 1.165) is 24.6 Å².